The van der Waals surface area contributed by atoms with Gasteiger partial charge in [0.25, 0.3) is 0 Å². The Morgan fingerprint density at radius 2 is 2.30 bits per heavy atom. The number of hydrogen-bond donors (Lipinski definition) is 0. The third-order valence-corrected chi connectivity index (χ3v) is 1.89. The Morgan fingerprint density at radius 3 is 3.20 bits per heavy atom. The van der Waals surface area contributed by atoms with Gasteiger partial charge in [-0.3, -0.25) is 0 Å². The van der Waals surface area contributed by atoms with E-state index in [1.165, 1.54) is 0 Å². The second kappa shape index (κ2) is 2.25. The largest absolute Gasteiger partial charge is 0.337 e. The summed E-state index contributed by atoms with van der Waals surface area (Å²) in [6.07, 6.45) is 0. The summed E-state index contributed by atoms with van der Waals surface area (Å²) >= 11 is 3.33. The SMILES string of the molecule is Brc1ccc2c(c1)OOC2. The maximum Gasteiger partial charge on any atom is 0.172 e. The maximum atomic E-state index is 4.85. The molecule has 0 aliphatic carbocycles. The van der Waals surface area contributed by atoms with Gasteiger partial charge in [-0.25, -0.2) is 0 Å². The molecule has 0 N–H and O–H groups in total. The molecule has 1 aliphatic rings. The summed E-state index contributed by atoms with van der Waals surface area (Å²) in [6.45, 7) is 0.558. The molecule has 1 aromatic rings. The molecule has 2 nitrogen and oxygen atoms in total. The molecule has 0 spiro atoms. The molecule has 10 heavy (non-hydrogen) atoms. The van der Waals surface area contributed by atoms with Gasteiger partial charge in [0.1, 0.15) is 6.61 Å². The highest BCUT2D eigenvalue weighted by atomic mass is 79.9. The molecular formula is C7H5BrO2. The van der Waals surface area contributed by atoms with Gasteiger partial charge in [-0.1, -0.05) is 22.0 Å². The normalized spacial score (nSPS) is 14.5. The molecule has 0 unspecified atom stereocenters. The number of benzene rings is 1. The Bertz CT molecular complexity index is 260. The van der Waals surface area contributed by atoms with Crippen molar-refractivity contribution in [3.8, 4) is 5.75 Å². The van der Waals surface area contributed by atoms with Crippen LogP contribution in [0.4, 0.5) is 0 Å². The van der Waals surface area contributed by atoms with Crippen molar-refractivity contribution in [3.05, 3.63) is 28.2 Å². The van der Waals surface area contributed by atoms with E-state index in [2.05, 4.69) is 15.9 Å². The third kappa shape index (κ3) is 0.914. The van der Waals surface area contributed by atoms with Crippen LogP contribution in [0.25, 0.3) is 0 Å². The summed E-state index contributed by atoms with van der Waals surface area (Å²) in [5.74, 6) is 0.814. The van der Waals surface area contributed by atoms with E-state index in [4.69, 9.17) is 9.78 Å². The van der Waals surface area contributed by atoms with Crippen LogP contribution in [0.3, 0.4) is 0 Å². The van der Waals surface area contributed by atoms with E-state index >= 15 is 0 Å². The van der Waals surface area contributed by atoms with E-state index in [1.54, 1.807) is 0 Å². The molecule has 0 fully saturated rings. The highest BCUT2D eigenvalue weighted by molar-refractivity contribution is 9.10. The van der Waals surface area contributed by atoms with E-state index in [0.717, 1.165) is 15.8 Å². The zero-order chi connectivity index (χ0) is 6.97. The molecule has 1 aromatic carbocycles. The second-order valence-electron chi connectivity index (χ2n) is 2.10. The van der Waals surface area contributed by atoms with Crippen molar-refractivity contribution < 1.29 is 9.78 Å². The Morgan fingerprint density at radius 1 is 1.40 bits per heavy atom. The lowest BCUT2D eigenvalue weighted by Gasteiger charge is -1.93. The zero-order valence-electron chi connectivity index (χ0n) is 5.13. The molecule has 0 bridgehead atoms. The lowest BCUT2D eigenvalue weighted by Crippen LogP contribution is -1.81. The van der Waals surface area contributed by atoms with Crippen LogP contribution >= 0.6 is 15.9 Å². The molecule has 0 radical (unpaired) electrons. The van der Waals surface area contributed by atoms with Crippen molar-refractivity contribution in [3.63, 3.8) is 0 Å². The lowest BCUT2D eigenvalue weighted by molar-refractivity contribution is -0.194. The number of fused-ring (bicyclic) bond motifs is 1. The van der Waals surface area contributed by atoms with E-state index < -0.39 is 0 Å². The van der Waals surface area contributed by atoms with Gasteiger partial charge < -0.3 is 4.89 Å². The Balaban J connectivity index is 2.52. The predicted octanol–water partition coefficient (Wildman–Crippen LogP) is 2.27. The van der Waals surface area contributed by atoms with Crippen molar-refractivity contribution in [2.45, 2.75) is 6.61 Å². The molecular weight excluding hydrogens is 196 g/mol. The summed E-state index contributed by atoms with van der Waals surface area (Å²) in [4.78, 5) is 9.60. The number of halogens is 1. The minimum atomic E-state index is 0.558. The fourth-order valence-corrected chi connectivity index (χ4v) is 1.22. The standard InChI is InChI=1S/C7H5BrO2/c8-6-2-1-5-4-9-10-7(5)3-6/h1-3H,4H2. The summed E-state index contributed by atoms with van der Waals surface area (Å²) in [6, 6.07) is 5.84. The summed E-state index contributed by atoms with van der Waals surface area (Å²) in [7, 11) is 0. The number of rotatable bonds is 0. The zero-order valence-corrected chi connectivity index (χ0v) is 6.72. The lowest BCUT2D eigenvalue weighted by atomic mass is 10.2. The fraction of sp³-hybridized carbons (Fsp3) is 0.143. The molecule has 0 saturated carbocycles. The van der Waals surface area contributed by atoms with E-state index in [-0.39, 0.29) is 0 Å². The monoisotopic (exact) mass is 200 g/mol. The fourth-order valence-electron chi connectivity index (χ4n) is 0.882. The quantitative estimate of drug-likeness (QED) is 0.599. The van der Waals surface area contributed by atoms with Gasteiger partial charge in [0, 0.05) is 10.0 Å². The number of hydrogen-bond acceptors (Lipinski definition) is 2. The third-order valence-electron chi connectivity index (χ3n) is 1.39. The van der Waals surface area contributed by atoms with Gasteiger partial charge >= 0.3 is 0 Å². The van der Waals surface area contributed by atoms with Crippen LogP contribution in [-0.2, 0) is 11.5 Å². The van der Waals surface area contributed by atoms with Crippen LogP contribution in [0.1, 0.15) is 5.56 Å². The molecule has 52 valence electrons. The van der Waals surface area contributed by atoms with Gasteiger partial charge in [-0.05, 0) is 12.1 Å². The maximum absolute atomic E-state index is 4.85. The molecule has 0 aromatic heterocycles. The highest BCUT2D eigenvalue weighted by Gasteiger charge is 2.12. The van der Waals surface area contributed by atoms with Crippen molar-refractivity contribution >= 4 is 15.9 Å². The van der Waals surface area contributed by atoms with Gasteiger partial charge in [0.15, 0.2) is 5.75 Å². The summed E-state index contributed by atoms with van der Waals surface area (Å²) in [5.41, 5.74) is 1.10. The van der Waals surface area contributed by atoms with Crippen LogP contribution in [0.2, 0.25) is 0 Å². The summed E-state index contributed by atoms with van der Waals surface area (Å²) in [5, 5.41) is 0. The molecule has 2 rings (SSSR count). The van der Waals surface area contributed by atoms with Crippen LogP contribution in [-0.4, -0.2) is 0 Å². The van der Waals surface area contributed by atoms with E-state index in [0.29, 0.717) is 6.61 Å². The first kappa shape index (κ1) is 6.19. The predicted molar refractivity (Wildman–Crippen MR) is 39.6 cm³/mol. The van der Waals surface area contributed by atoms with Crippen molar-refractivity contribution in [1.29, 1.82) is 0 Å². The van der Waals surface area contributed by atoms with Gasteiger partial charge in [0.2, 0.25) is 0 Å². The topological polar surface area (TPSA) is 18.5 Å². The molecule has 1 aliphatic heterocycles. The van der Waals surface area contributed by atoms with Crippen LogP contribution in [0, 0.1) is 0 Å². The smallest absolute Gasteiger partial charge is 0.172 e. The highest BCUT2D eigenvalue weighted by Crippen LogP contribution is 2.28. The molecule has 3 heteroatoms. The van der Waals surface area contributed by atoms with Crippen LogP contribution in [0.5, 0.6) is 5.75 Å². The first-order valence-corrected chi connectivity index (χ1v) is 3.73. The molecule has 1 heterocycles. The first-order valence-electron chi connectivity index (χ1n) is 2.94. The van der Waals surface area contributed by atoms with Crippen molar-refractivity contribution in [1.82, 2.24) is 0 Å². The summed E-state index contributed by atoms with van der Waals surface area (Å²) < 4.78 is 1.01. The van der Waals surface area contributed by atoms with Crippen molar-refractivity contribution in [2.75, 3.05) is 0 Å². The van der Waals surface area contributed by atoms with Crippen LogP contribution < -0.4 is 4.89 Å². The van der Waals surface area contributed by atoms with E-state index in [9.17, 15) is 0 Å². The Kier molecular flexibility index (Phi) is 1.39. The second-order valence-corrected chi connectivity index (χ2v) is 3.01. The van der Waals surface area contributed by atoms with Gasteiger partial charge in [-0.15, -0.1) is 0 Å². The molecule has 0 saturated heterocycles. The molecule has 0 amide bonds. The van der Waals surface area contributed by atoms with Gasteiger partial charge in [-0.2, -0.15) is 4.89 Å². The van der Waals surface area contributed by atoms with E-state index in [1.807, 2.05) is 18.2 Å². The van der Waals surface area contributed by atoms with Crippen LogP contribution in [0.15, 0.2) is 22.7 Å². The first-order chi connectivity index (χ1) is 4.86. The Labute approximate surface area is 66.8 Å². The minimum Gasteiger partial charge on any atom is -0.337 e. The average molecular weight is 201 g/mol. The van der Waals surface area contributed by atoms with Gasteiger partial charge in [0.05, 0.1) is 0 Å². The Hall–Kier alpha value is -0.540. The molecule has 0 atom stereocenters. The minimum absolute atomic E-state index is 0.558. The van der Waals surface area contributed by atoms with Crippen molar-refractivity contribution in [2.24, 2.45) is 0 Å². The average Bonchev–Trinajstić information content (AvgIpc) is 2.33.